The number of rotatable bonds is 5. The van der Waals surface area contributed by atoms with Crippen LogP contribution in [0.4, 0.5) is 14.5 Å². The fourth-order valence-corrected chi connectivity index (χ4v) is 3.22. The van der Waals surface area contributed by atoms with Crippen molar-refractivity contribution in [1.82, 2.24) is 5.32 Å². The number of hydrogen-bond acceptors (Lipinski definition) is 4. The van der Waals surface area contributed by atoms with Crippen molar-refractivity contribution in [1.29, 1.82) is 5.26 Å². The Hall–Kier alpha value is -3.73. The van der Waals surface area contributed by atoms with Crippen LogP contribution in [0, 0.1) is 23.1 Å². The molecular formula is C21H17F2N3O3. The van der Waals surface area contributed by atoms with Gasteiger partial charge in [0.15, 0.2) is 6.19 Å². The summed E-state index contributed by atoms with van der Waals surface area (Å²) < 4.78 is 34.3. The van der Waals surface area contributed by atoms with Gasteiger partial charge in [0.2, 0.25) is 0 Å². The molecule has 2 aromatic rings. The average Bonchev–Trinajstić information content (AvgIpc) is 3.21. The zero-order chi connectivity index (χ0) is 21.0. The van der Waals surface area contributed by atoms with E-state index < -0.39 is 29.1 Å². The second-order valence-corrected chi connectivity index (χ2v) is 6.38. The molecule has 0 radical (unpaired) electrons. The summed E-state index contributed by atoms with van der Waals surface area (Å²) in [6, 6.07) is 8.94. The summed E-state index contributed by atoms with van der Waals surface area (Å²) in [4.78, 5) is 24.4. The molecule has 2 N–H and O–H groups in total. The topological polar surface area (TPSA) is 91.2 Å². The predicted octanol–water partition coefficient (Wildman–Crippen LogP) is 3.66. The van der Waals surface area contributed by atoms with Gasteiger partial charge in [-0.15, -0.1) is 0 Å². The summed E-state index contributed by atoms with van der Waals surface area (Å²) in [6.07, 6.45) is 2.64. The number of methoxy groups -OCH3 is 1. The summed E-state index contributed by atoms with van der Waals surface area (Å²) >= 11 is 0. The molecule has 1 aliphatic rings. The third-order valence-corrected chi connectivity index (χ3v) is 4.62. The lowest BCUT2D eigenvalue weighted by Crippen LogP contribution is -2.23. The largest absolute Gasteiger partial charge is 0.497 e. The van der Waals surface area contributed by atoms with Crippen molar-refractivity contribution < 1.29 is 23.1 Å². The van der Waals surface area contributed by atoms with E-state index in [0.29, 0.717) is 24.2 Å². The van der Waals surface area contributed by atoms with E-state index in [2.05, 4.69) is 5.32 Å². The van der Waals surface area contributed by atoms with Crippen molar-refractivity contribution >= 4 is 17.5 Å². The second kappa shape index (κ2) is 8.52. The molecule has 2 aromatic carbocycles. The smallest absolute Gasteiger partial charge is 0.260 e. The van der Waals surface area contributed by atoms with Crippen molar-refractivity contribution in [3.8, 4) is 23.1 Å². The first-order valence-corrected chi connectivity index (χ1v) is 8.81. The van der Waals surface area contributed by atoms with Crippen LogP contribution in [0.2, 0.25) is 0 Å². The maximum absolute atomic E-state index is 14.6. The number of carbonyl (C=O) groups excluding carboxylic acids is 2. The number of hydrogen-bond donors (Lipinski definition) is 2. The molecule has 8 heteroatoms. The molecule has 0 saturated carbocycles. The Morgan fingerprint density at radius 2 is 1.69 bits per heavy atom. The number of nitrogens with one attached hydrogen (secondary N) is 2. The van der Waals surface area contributed by atoms with Crippen LogP contribution in [0.15, 0.2) is 47.5 Å². The van der Waals surface area contributed by atoms with Gasteiger partial charge in [-0.25, -0.2) is 8.78 Å². The number of halogens is 2. The van der Waals surface area contributed by atoms with Crippen LogP contribution in [-0.4, -0.2) is 18.9 Å². The second-order valence-electron chi connectivity index (χ2n) is 6.38. The van der Waals surface area contributed by atoms with E-state index in [4.69, 9.17) is 10.00 Å². The van der Waals surface area contributed by atoms with Gasteiger partial charge in [-0.3, -0.25) is 14.9 Å². The lowest BCUT2D eigenvalue weighted by Gasteiger charge is -2.12. The maximum Gasteiger partial charge on any atom is 0.260 e. The highest BCUT2D eigenvalue weighted by Crippen LogP contribution is 2.31. The van der Waals surface area contributed by atoms with E-state index in [1.165, 1.54) is 13.3 Å². The van der Waals surface area contributed by atoms with Crippen LogP contribution in [-0.2, 0) is 9.59 Å². The highest BCUT2D eigenvalue weighted by Gasteiger charge is 2.27. The summed E-state index contributed by atoms with van der Waals surface area (Å²) in [5.41, 5.74) is 0.507. The molecular weight excluding hydrogens is 380 g/mol. The van der Waals surface area contributed by atoms with Gasteiger partial charge in [0.1, 0.15) is 23.1 Å². The van der Waals surface area contributed by atoms with Crippen LogP contribution < -0.4 is 15.4 Å². The molecule has 0 bridgehead atoms. The van der Waals surface area contributed by atoms with Gasteiger partial charge in [0.05, 0.1) is 7.11 Å². The molecule has 6 nitrogen and oxygen atoms in total. The van der Waals surface area contributed by atoms with Gasteiger partial charge >= 0.3 is 0 Å². The molecule has 0 unspecified atom stereocenters. The summed E-state index contributed by atoms with van der Waals surface area (Å²) in [5.74, 6) is -2.80. The minimum Gasteiger partial charge on any atom is -0.497 e. The first-order chi connectivity index (χ1) is 13.9. The number of amides is 2. The number of carbonyl (C=O) groups is 2. The zero-order valence-corrected chi connectivity index (χ0v) is 15.5. The molecule has 0 spiro atoms. The average molecular weight is 397 g/mol. The molecule has 1 aliphatic carbocycles. The molecule has 0 atom stereocenters. The van der Waals surface area contributed by atoms with Crippen molar-refractivity contribution in [2.45, 2.75) is 19.3 Å². The molecule has 0 aliphatic heterocycles. The van der Waals surface area contributed by atoms with E-state index in [1.807, 2.05) is 5.32 Å². The van der Waals surface area contributed by atoms with Gasteiger partial charge in [-0.1, -0.05) is 12.1 Å². The Morgan fingerprint density at radius 3 is 2.31 bits per heavy atom. The minimum absolute atomic E-state index is 0.119. The zero-order valence-electron chi connectivity index (χ0n) is 15.5. The van der Waals surface area contributed by atoms with Crippen LogP contribution in [0.3, 0.4) is 0 Å². The van der Waals surface area contributed by atoms with Crippen LogP contribution >= 0.6 is 0 Å². The fourth-order valence-electron chi connectivity index (χ4n) is 3.22. The van der Waals surface area contributed by atoms with Crippen LogP contribution in [0.1, 0.15) is 19.3 Å². The molecule has 0 aromatic heterocycles. The van der Waals surface area contributed by atoms with E-state index >= 15 is 0 Å². The monoisotopic (exact) mass is 397 g/mol. The molecule has 3 rings (SSSR count). The fraction of sp³-hybridized carbons (Fsp3) is 0.190. The Balaban J connectivity index is 1.88. The Bertz CT molecular complexity index is 1030. The lowest BCUT2D eigenvalue weighted by atomic mass is 10.0. The van der Waals surface area contributed by atoms with E-state index in [1.54, 1.807) is 24.3 Å². The maximum atomic E-state index is 14.6. The highest BCUT2D eigenvalue weighted by molar-refractivity contribution is 6.11. The third kappa shape index (κ3) is 4.24. The molecule has 148 valence electrons. The summed E-state index contributed by atoms with van der Waals surface area (Å²) in [6.45, 7) is 0. The van der Waals surface area contributed by atoms with Crippen LogP contribution in [0.5, 0.6) is 5.75 Å². The summed E-state index contributed by atoms with van der Waals surface area (Å²) in [5, 5.41) is 12.7. The minimum atomic E-state index is -0.946. The van der Waals surface area contributed by atoms with E-state index in [0.717, 1.165) is 12.1 Å². The Kier molecular flexibility index (Phi) is 5.88. The van der Waals surface area contributed by atoms with Gasteiger partial charge in [0, 0.05) is 11.1 Å². The van der Waals surface area contributed by atoms with Gasteiger partial charge < -0.3 is 10.1 Å². The third-order valence-electron chi connectivity index (χ3n) is 4.62. The van der Waals surface area contributed by atoms with Gasteiger partial charge in [-0.2, -0.15) is 5.26 Å². The number of nitriles is 1. The number of nitrogens with zero attached hydrogens (tertiary/aromatic N) is 1. The van der Waals surface area contributed by atoms with E-state index in [-0.39, 0.29) is 23.1 Å². The molecule has 2 amide bonds. The standard InChI is InChI=1S/C21H17F2N3O3/c1-29-14-5-2-4-12(8-14)13-9-17(22)19(18(23)10-13)26-21(28)16-7-3-6-15(16)20(27)25-11-24/h2,4-5,8-10H,3,6-7H2,1H3,(H,25,27)(H,26,28). The molecule has 0 heterocycles. The van der Waals surface area contributed by atoms with Crippen molar-refractivity contribution in [3.63, 3.8) is 0 Å². The molecule has 29 heavy (non-hydrogen) atoms. The Morgan fingerprint density at radius 1 is 1.03 bits per heavy atom. The Labute approximate surface area is 165 Å². The van der Waals surface area contributed by atoms with Gasteiger partial charge in [-0.05, 0) is 54.7 Å². The summed E-state index contributed by atoms with van der Waals surface area (Å²) in [7, 11) is 1.49. The quantitative estimate of drug-likeness (QED) is 0.595. The molecule has 0 fully saturated rings. The number of benzene rings is 2. The first kappa shape index (κ1) is 20.0. The van der Waals surface area contributed by atoms with Gasteiger partial charge in [0.25, 0.3) is 11.8 Å². The number of anilines is 1. The van der Waals surface area contributed by atoms with Crippen LogP contribution in [0.25, 0.3) is 11.1 Å². The van der Waals surface area contributed by atoms with Crippen molar-refractivity contribution in [2.75, 3.05) is 12.4 Å². The number of ether oxygens (including phenoxy) is 1. The SMILES string of the molecule is COc1cccc(-c2cc(F)c(NC(=O)C3=C(C(=O)NC#N)CCC3)c(F)c2)c1. The molecule has 0 saturated heterocycles. The van der Waals surface area contributed by atoms with Crippen molar-refractivity contribution in [3.05, 3.63) is 59.2 Å². The highest BCUT2D eigenvalue weighted by atomic mass is 19.1. The normalized spacial score (nSPS) is 13.0. The van der Waals surface area contributed by atoms with E-state index in [9.17, 15) is 18.4 Å². The lowest BCUT2D eigenvalue weighted by molar-refractivity contribution is -0.117. The first-order valence-electron chi connectivity index (χ1n) is 8.81. The predicted molar refractivity (Wildman–Crippen MR) is 102 cm³/mol. The van der Waals surface area contributed by atoms with Crippen molar-refractivity contribution in [2.24, 2.45) is 0 Å².